The van der Waals surface area contributed by atoms with Gasteiger partial charge in [0.05, 0.1) is 6.54 Å². The van der Waals surface area contributed by atoms with E-state index >= 15 is 0 Å². The van der Waals surface area contributed by atoms with E-state index in [1.54, 1.807) is 0 Å². The maximum atomic E-state index is 4.78. The van der Waals surface area contributed by atoms with Crippen LogP contribution in [0, 0.1) is 5.92 Å². The maximum Gasteiger partial charge on any atom is 0.191 e. The van der Waals surface area contributed by atoms with Crippen LogP contribution in [0.1, 0.15) is 53.4 Å². The molecule has 1 rings (SSSR count). The van der Waals surface area contributed by atoms with Crippen LogP contribution in [-0.2, 0) is 0 Å². The van der Waals surface area contributed by atoms with Gasteiger partial charge in [0.2, 0.25) is 0 Å². The fourth-order valence-electron chi connectivity index (χ4n) is 2.87. The van der Waals surface area contributed by atoms with Crippen LogP contribution < -0.4 is 10.6 Å². The van der Waals surface area contributed by atoms with Crippen molar-refractivity contribution in [1.29, 1.82) is 0 Å². The maximum absolute atomic E-state index is 4.78. The Bertz CT molecular complexity index is 265. The van der Waals surface area contributed by atoms with Crippen molar-refractivity contribution >= 4 is 29.9 Å². The van der Waals surface area contributed by atoms with Gasteiger partial charge in [0, 0.05) is 19.1 Å². The first kappa shape index (κ1) is 21.0. The van der Waals surface area contributed by atoms with Crippen molar-refractivity contribution in [1.82, 2.24) is 15.5 Å². The van der Waals surface area contributed by atoms with E-state index in [1.165, 1.54) is 38.8 Å². The minimum absolute atomic E-state index is 0. The van der Waals surface area contributed by atoms with Gasteiger partial charge in [0.15, 0.2) is 5.96 Å². The molecule has 1 aliphatic heterocycles. The SMILES string of the molecule is CCNC(=NCC(C(C)C)N1CCCCCC1)NCC.I. The van der Waals surface area contributed by atoms with Crippen LogP contribution in [0.3, 0.4) is 0 Å². The van der Waals surface area contributed by atoms with Gasteiger partial charge in [-0.25, -0.2) is 0 Å². The molecule has 0 radical (unpaired) electrons. The summed E-state index contributed by atoms with van der Waals surface area (Å²) in [4.78, 5) is 7.45. The topological polar surface area (TPSA) is 39.7 Å². The third-order valence-corrected chi connectivity index (χ3v) is 4.00. The largest absolute Gasteiger partial charge is 0.357 e. The highest BCUT2D eigenvalue weighted by Gasteiger charge is 2.22. The van der Waals surface area contributed by atoms with Crippen molar-refractivity contribution in [3.8, 4) is 0 Å². The molecule has 0 bridgehead atoms. The predicted octanol–water partition coefficient (Wildman–Crippen LogP) is 3.08. The third-order valence-electron chi connectivity index (χ3n) is 4.00. The number of nitrogens with zero attached hydrogens (tertiary/aromatic N) is 2. The summed E-state index contributed by atoms with van der Waals surface area (Å²) in [6.07, 6.45) is 5.48. The first-order chi connectivity index (χ1) is 9.69. The van der Waals surface area contributed by atoms with Gasteiger partial charge in [-0.3, -0.25) is 9.89 Å². The molecular formula is C16H35IN4. The van der Waals surface area contributed by atoms with Crippen molar-refractivity contribution < 1.29 is 0 Å². The van der Waals surface area contributed by atoms with Crippen molar-refractivity contribution in [2.24, 2.45) is 10.9 Å². The molecule has 1 fully saturated rings. The highest BCUT2D eigenvalue weighted by atomic mass is 127. The van der Waals surface area contributed by atoms with E-state index in [0.29, 0.717) is 12.0 Å². The highest BCUT2D eigenvalue weighted by Crippen LogP contribution is 2.17. The lowest BCUT2D eigenvalue weighted by atomic mass is 10.0. The molecule has 0 aromatic carbocycles. The van der Waals surface area contributed by atoms with Crippen molar-refractivity contribution in [3.63, 3.8) is 0 Å². The molecule has 1 aliphatic rings. The van der Waals surface area contributed by atoms with Crippen LogP contribution in [0.4, 0.5) is 0 Å². The smallest absolute Gasteiger partial charge is 0.191 e. The molecule has 0 spiro atoms. The zero-order valence-electron chi connectivity index (χ0n) is 14.3. The molecule has 0 saturated carbocycles. The van der Waals surface area contributed by atoms with E-state index in [1.807, 2.05) is 0 Å². The Morgan fingerprint density at radius 3 is 1.95 bits per heavy atom. The minimum atomic E-state index is 0. The number of nitrogens with one attached hydrogen (secondary N) is 2. The van der Waals surface area contributed by atoms with E-state index in [0.717, 1.165) is 25.6 Å². The zero-order valence-corrected chi connectivity index (χ0v) is 16.7. The predicted molar refractivity (Wildman–Crippen MR) is 104 cm³/mol. The summed E-state index contributed by atoms with van der Waals surface area (Å²) in [5, 5.41) is 6.63. The van der Waals surface area contributed by atoms with Crippen LogP contribution in [0.5, 0.6) is 0 Å². The number of hydrogen-bond donors (Lipinski definition) is 2. The molecule has 1 unspecified atom stereocenters. The quantitative estimate of drug-likeness (QED) is 0.402. The van der Waals surface area contributed by atoms with Gasteiger partial charge < -0.3 is 10.6 Å². The Morgan fingerprint density at radius 1 is 1.00 bits per heavy atom. The van der Waals surface area contributed by atoms with Crippen LogP contribution in [0.25, 0.3) is 0 Å². The molecule has 1 saturated heterocycles. The van der Waals surface area contributed by atoms with Crippen LogP contribution in [-0.4, -0.2) is 49.6 Å². The summed E-state index contributed by atoms with van der Waals surface area (Å²) in [7, 11) is 0. The van der Waals surface area contributed by atoms with Crippen molar-refractivity contribution in [2.45, 2.75) is 59.4 Å². The summed E-state index contributed by atoms with van der Waals surface area (Å²) >= 11 is 0. The van der Waals surface area contributed by atoms with E-state index in [-0.39, 0.29) is 24.0 Å². The molecule has 0 aromatic heterocycles. The molecule has 1 atom stereocenters. The Morgan fingerprint density at radius 2 is 1.52 bits per heavy atom. The van der Waals surface area contributed by atoms with E-state index in [2.05, 4.69) is 43.2 Å². The lowest BCUT2D eigenvalue weighted by Gasteiger charge is -2.32. The second-order valence-electron chi connectivity index (χ2n) is 6.01. The summed E-state index contributed by atoms with van der Waals surface area (Å²) in [6.45, 7) is 14.1. The van der Waals surface area contributed by atoms with Gasteiger partial charge in [-0.15, -0.1) is 24.0 Å². The average molecular weight is 410 g/mol. The fourth-order valence-corrected chi connectivity index (χ4v) is 2.87. The molecule has 0 aliphatic carbocycles. The van der Waals surface area contributed by atoms with Gasteiger partial charge in [0.1, 0.15) is 0 Å². The lowest BCUT2D eigenvalue weighted by molar-refractivity contribution is 0.166. The fraction of sp³-hybridized carbons (Fsp3) is 0.938. The Balaban J connectivity index is 0.00000400. The summed E-state index contributed by atoms with van der Waals surface area (Å²) in [5.74, 6) is 1.61. The van der Waals surface area contributed by atoms with Crippen molar-refractivity contribution in [2.75, 3.05) is 32.7 Å². The molecule has 126 valence electrons. The van der Waals surface area contributed by atoms with E-state index in [4.69, 9.17) is 4.99 Å². The van der Waals surface area contributed by atoms with Gasteiger partial charge >= 0.3 is 0 Å². The molecule has 2 N–H and O–H groups in total. The summed E-state index contributed by atoms with van der Waals surface area (Å²) < 4.78 is 0. The van der Waals surface area contributed by atoms with Crippen LogP contribution in [0.2, 0.25) is 0 Å². The second kappa shape index (κ2) is 12.5. The summed E-state index contributed by atoms with van der Waals surface area (Å²) in [6, 6.07) is 0.570. The van der Waals surface area contributed by atoms with Gasteiger partial charge in [-0.1, -0.05) is 26.7 Å². The van der Waals surface area contributed by atoms with Crippen LogP contribution in [0.15, 0.2) is 4.99 Å². The van der Waals surface area contributed by atoms with Gasteiger partial charge in [0.25, 0.3) is 0 Å². The van der Waals surface area contributed by atoms with Crippen molar-refractivity contribution in [3.05, 3.63) is 0 Å². The zero-order chi connectivity index (χ0) is 14.8. The lowest BCUT2D eigenvalue weighted by Crippen LogP contribution is -2.43. The van der Waals surface area contributed by atoms with E-state index < -0.39 is 0 Å². The number of halogens is 1. The normalized spacial score (nSPS) is 17.6. The van der Waals surface area contributed by atoms with Gasteiger partial charge in [-0.2, -0.15) is 0 Å². The van der Waals surface area contributed by atoms with Crippen LogP contribution >= 0.6 is 24.0 Å². The molecule has 4 nitrogen and oxygen atoms in total. The Labute approximate surface area is 148 Å². The number of likely N-dealkylation sites (tertiary alicyclic amines) is 1. The molecule has 5 heteroatoms. The van der Waals surface area contributed by atoms with E-state index in [9.17, 15) is 0 Å². The summed E-state index contributed by atoms with van der Waals surface area (Å²) in [5.41, 5.74) is 0. The van der Waals surface area contributed by atoms with Gasteiger partial charge in [-0.05, 0) is 45.7 Å². The number of rotatable bonds is 6. The highest BCUT2D eigenvalue weighted by molar-refractivity contribution is 14.0. The Hall–Kier alpha value is -0.0400. The molecule has 0 amide bonds. The number of guanidine groups is 1. The molecule has 1 heterocycles. The average Bonchev–Trinajstić information content (AvgIpc) is 2.68. The first-order valence-corrected chi connectivity index (χ1v) is 8.45. The number of hydrogen-bond acceptors (Lipinski definition) is 2. The molecule has 21 heavy (non-hydrogen) atoms. The standard InChI is InChI=1S/C16H34N4.HI/c1-5-17-16(18-6-2)19-13-15(14(3)4)20-11-9-7-8-10-12-20;/h14-15H,5-13H2,1-4H3,(H2,17,18,19);1H. The molecular weight excluding hydrogens is 375 g/mol. The number of aliphatic imine (C=N–C) groups is 1. The minimum Gasteiger partial charge on any atom is -0.357 e. The molecule has 0 aromatic rings. The monoisotopic (exact) mass is 410 g/mol. The third kappa shape index (κ3) is 8.24. The second-order valence-corrected chi connectivity index (χ2v) is 6.01. The first-order valence-electron chi connectivity index (χ1n) is 8.45. The Kier molecular flexibility index (Phi) is 12.5.